The van der Waals surface area contributed by atoms with E-state index >= 15 is 0 Å². The van der Waals surface area contributed by atoms with Gasteiger partial charge in [-0.2, -0.15) is 0 Å². The summed E-state index contributed by atoms with van der Waals surface area (Å²) in [5.41, 5.74) is 2.45. The summed E-state index contributed by atoms with van der Waals surface area (Å²) in [5, 5.41) is 8.83. The number of hydrogen-bond donors (Lipinski definition) is 1. The summed E-state index contributed by atoms with van der Waals surface area (Å²) in [6.45, 7) is 0.759. The van der Waals surface area contributed by atoms with Crippen LogP contribution in [0.25, 0.3) is 0 Å². The molecule has 2 aromatic rings. The van der Waals surface area contributed by atoms with E-state index in [0.717, 1.165) is 17.8 Å². The molecule has 4 heteroatoms. The molecular formula is C14H14N2O2. The van der Waals surface area contributed by atoms with Crippen LogP contribution >= 0.6 is 0 Å². The standard InChI is InChI=1S/C14H14N2O2/c1-16(10-11-6-8-15-9-7-11)13-4-2-12(3-5-13)14(17)18/h2-9H,10H2,1H3,(H,17,18). The average molecular weight is 242 g/mol. The molecule has 4 nitrogen and oxygen atoms in total. The molecule has 0 fully saturated rings. The van der Waals surface area contributed by atoms with Crippen LogP contribution in [0.5, 0.6) is 0 Å². The maximum Gasteiger partial charge on any atom is 0.335 e. The molecule has 0 radical (unpaired) electrons. The fourth-order valence-electron chi connectivity index (χ4n) is 1.71. The van der Waals surface area contributed by atoms with Crippen LogP contribution in [0.15, 0.2) is 48.8 Å². The van der Waals surface area contributed by atoms with Crippen molar-refractivity contribution in [1.29, 1.82) is 0 Å². The van der Waals surface area contributed by atoms with Crippen LogP contribution in [0.3, 0.4) is 0 Å². The molecule has 92 valence electrons. The van der Waals surface area contributed by atoms with E-state index in [1.807, 2.05) is 31.3 Å². The van der Waals surface area contributed by atoms with E-state index in [1.54, 1.807) is 24.5 Å². The molecule has 0 saturated carbocycles. The third-order valence-corrected chi connectivity index (χ3v) is 2.72. The number of pyridine rings is 1. The molecule has 0 aliphatic heterocycles. The number of anilines is 1. The minimum absolute atomic E-state index is 0.302. The summed E-state index contributed by atoms with van der Waals surface area (Å²) in [6.07, 6.45) is 3.52. The van der Waals surface area contributed by atoms with E-state index < -0.39 is 5.97 Å². The molecule has 1 N–H and O–H groups in total. The summed E-state index contributed by atoms with van der Waals surface area (Å²) < 4.78 is 0. The Morgan fingerprint density at radius 3 is 2.33 bits per heavy atom. The van der Waals surface area contributed by atoms with Crippen molar-refractivity contribution in [2.45, 2.75) is 6.54 Å². The number of nitrogens with zero attached hydrogens (tertiary/aromatic N) is 2. The zero-order valence-electron chi connectivity index (χ0n) is 10.1. The SMILES string of the molecule is CN(Cc1ccncc1)c1ccc(C(=O)O)cc1. The second-order valence-corrected chi connectivity index (χ2v) is 4.06. The minimum Gasteiger partial charge on any atom is -0.478 e. The molecule has 0 bridgehead atoms. The molecule has 0 unspecified atom stereocenters. The first-order chi connectivity index (χ1) is 8.66. The third-order valence-electron chi connectivity index (χ3n) is 2.72. The quantitative estimate of drug-likeness (QED) is 0.894. The maximum atomic E-state index is 10.8. The predicted octanol–water partition coefficient (Wildman–Crippen LogP) is 2.42. The fraction of sp³-hybridized carbons (Fsp3) is 0.143. The van der Waals surface area contributed by atoms with Crippen LogP contribution in [0.4, 0.5) is 5.69 Å². The van der Waals surface area contributed by atoms with Gasteiger partial charge >= 0.3 is 5.97 Å². The highest BCUT2D eigenvalue weighted by atomic mass is 16.4. The van der Waals surface area contributed by atoms with Crippen LogP contribution in [0, 0.1) is 0 Å². The topological polar surface area (TPSA) is 53.4 Å². The van der Waals surface area contributed by atoms with Crippen molar-refractivity contribution in [3.63, 3.8) is 0 Å². The Hall–Kier alpha value is -2.36. The Balaban J connectivity index is 2.09. The molecule has 0 saturated heterocycles. The Kier molecular flexibility index (Phi) is 3.57. The summed E-state index contributed by atoms with van der Waals surface area (Å²) in [6, 6.07) is 10.8. The van der Waals surface area contributed by atoms with Crippen molar-refractivity contribution < 1.29 is 9.90 Å². The van der Waals surface area contributed by atoms with Crippen LogP contribution in [-0.4, -0.2) is 23.1 Å². The fourth-order valence-corrected chi connectivity index (χ4v) is 1.71. The van der Waals surface area contributed by atoms with E-state index in [9.17, 15) is 4.79 Å². The van der Waals surface area contributed by atoms with Crippen LogP contribution in [-0.2, 0) is 6.54 Å². The maximum absolute atomic E-state index is 10.8. The van der Waals surface area contributed by atoms with Gasteiger partial charge in [0, 0.05) is 31.7 Å². The van der Waals surface area contributed by atoms with Gasteiger partial charge in [-0.3, -0.25) is 4.98 Å². The normalized spacial score (nSPS) is 10.1. The first-order valence-corrected chi connectivity index (χ1v) is 5.60. The lowest BCUT2D eigenvalue weighted by Crippen LogP contribution is -2.16. The van der Waals surface area contributed by atoms with Gasteiger partial charge in [0.2, 0.25) is 0 Å². The average Bonchev–Trinajstić information content (AvgIpc) is 2.40. The first kappa shape index (κ1) is 12.1. The van der Waals surface area contributed by atoms with E-state index in [1.165, 1.54) is 0 Å². The number of aromatic nitrogens is 1. The van der Waals surface area contributed by atoms with Crippen molar-refractivity contribution >= 4 is 11.7 Å². The molecule has 2 rings (SSSR count). The van der Waals surface area contributed by atoms with Crippen molar-refractivity contribution in [1.82, 2.24) is 4.98 Å². The van der Waals surface area contributed by atoms with Gasteiger partial charge in [0.1, 0.15) is 0 Å². The van der Waals surface area contributed by atoms with Gasteiger partial charge in [-0.1, -0.05) is 0 Å². The highest BCUT2D eigenvalue weighted by molar-refractivity contribution is 5.88. The Morgan fingerprint density at radius 2 is 1.78 bits per heavy atom. The molecule has 0 amide bonds. The number of aromatic carboxylic acids is 1. The molecular weight excluding hydrogens is 228 g/mol. The zero-order chi connectivity index (χ0) is 13.0. The van der Waals surface area contributed by atoms with Gasteiger partial charge in [0.25, 0.3) is 0 Å². The summed E-state index contributed by atoms with van der Waals surface area (Å²) in [4.78, 5) is 16.8. The summed E-state index contributed by atoms with van der Waals surface area (Å²) >= 11 is 0. The molecule has 0 aliphatic carbocycles. The monoisotopic (exact) mass is 242 g/mol. The van der Waals surface area contributed by atoms with Gasteiger partial charge in [-0.15, -0.1) is 0 Å². The van der Waals surface area contributed by atoms with Gasteiger partial charge in [-0.05, 0) is 42.0 Å². The van der Waals surface area contributed by atoms with Gasteiger partial charge in [0.05, 0.1) is 5.56 Å². The Bertz CT molecular complexity index is 523. The summed E-state index contributed by atoms with van der Waals surface area (Å²) in [5.74, 6) is -0.904. The van der Waals surface area contributed by atoms with Gasteiger partial charge in [0.15, 0.2) is 0 Å². The van der Waals surface area contributed by atoms with Crippen LogP contribution in [0.1, 0.15) is 15.9 Å². The lowest BCUT2D eigenvalue weighted by Gasteiger charge is -2.19. The van der Waals surface area contributed by atoms with Crippen molar-refractivity contribution in [2.75, 3.05) is 11.9 Å². The van der Waals surface area contributed by atoms with Gasteiger partial charge < -0.3 is 10.0 Å². The van der Waals surface area contributed by atoms with E-state index in [2.05, 4.69) is 9.88 Å². The number of hydrogen-bond acceptors (Lipinski definition) is 3. The lowest BCUT2D eigenvalue weighted by atomic mass is 10.2. The van der Waals surface area contributed by atoms with Gasteiger partial charge in [-0.25, -0.2) is 4.79 Å². The van der Waals surface area contributed by atoms with E-state index in [0.29, 0.717) is 5.56 Å². The minimum atomic E-state index is -0.904. The summed E-state index contributed by atoms with van der Waals surface area (Å²) in [7, 11) is 1.97. The second-order valence-electron chi connectivity index (χ2n) is 4.06. The first-order valence-electron chi connectivity index (χ1n) is 5.60. The molecule has 1 aromatic heterocycles. The number of carboxylic acids is 1. The lowest BCUT2D eigenvalue weighted by molar-refractivity contribution is 0.0697. The van der Waals surface area contributed by atoms with Crippen LogP contribution in [0.2, 0.25) is 0 Å². The van der Waals surface area contributed by atoms with E-state index in [-0.39, 0.29) is 0 Å². The molecule has 0 spiro atoms. The van der Waals surface area contributed by atoms with Crippen molar-refractivity contribution in [3.8, 4) is 0 Å². The molecule has 0 atom stereocenters. The zero-order valence-corrected chi connectivity index (χ0v) is 10.1. The van der Waals surface area contributed by atoms with Crippen molar-refractivity contribution in [2.24, 2.45) is 0 Å². The molecule has 1 aromatic carbocycles. The van der Waals surface area contributed by atoms with Crippen molar-refractivity contribution in [3.05, 3.63) is 59.9 Å². The molecule has 0 aliphatic rings. The Labute approximate surface area is 106 Å². The largest absolute Gasteiger partial charge is 0.478 e. The molecule has 1 heterocycles. The predicted molar refractivity (Wildman–Crippen MR) is 69.7 cm³/mol. The Morgan fingerprint density at radius 1 is 1.17 bits per heavy atom. The highest BCUT2D eigenvalue weighted by Gasteiger charge is 2.05. The number of benzene rings is 1. The third kappa shape index (κ3) is 2.85. The highest BCUT2D eigenvalue weighted by Crippen LogP contribution is 2.16. The van der Waals surface area contributed by atoms with Crippen LogP contribution < -0.4 is 4.90 Å². The number of carboxylic acid groups (broad SMARTS) is 1. The smallest absolute Gasteiger partial charge is 0.335 e. The molecule has 18 heavy (non-hydrogen) atoms. The number of carbonyl (C=O) groups is 1. The van der Waals surface area contributed by atoms with E-state index in [4.69, 9.17) is 5.11 Å². The number of rotatable bonds is 4. The second kappa shape index (κ2) is 5.31.